The van der Waals surface area contributed by atoms with Crippen molar-refractivity contribution in [1.82, 2.24) is 0 Å². The van der Waals surface area contributed by atoms with Crippen molar-refractivity contribution in [3.8, 4) is 0 Å². The van der Waals surface area contributed by atoms with Crippen LogP contribution in [0.1, 0.15) is 6.42 Å². The van der Waals surface area contributed by atoms with Gasteiger partial charge in [-0.15, -0.1) is 0 Å². The molecular weight excluding hydrogens is 174 g/mol. The molecule has 0 heterocycles. The summed E-state index contributed by atoms with van der Waals surface area (Å²) < 4.78 is 4.23. The fourth-order valence-electron chi connectivity index (χ4n) is 0.372. The van der Waals surface area contributed by atoms with Gasteiger partial charge in [0.15, 0.2) is 6.04 Å². The Morgan fingerprint density at radius 1 is 1.64 bits per heavy atom. The largest absolute Gasteiger partial charge is 1.00 e. The first kappa shape index (κ1) is 12.8. The minimum atomic E-state index is -1.09. The standard InChI is InChI=1S/C5H9NO4.ClH/c1-10-4(7)2-3(6)5(8)9;/h3H,2,6H2,1H3,(H,8,9);1H/t3-;/m0./s1. The van der Waals surface area contributed by atoms with Crippen LogP contribution in [-0.2, 0) is 14.3 Å². The number of ether oxygens (including phenoxy) is 1. The molecule has 0 aromatic rings. The quantitative estimate of drug-likeness (QED) is 0.430. The molecule has 0 spiro atoms. The average Bonchev–Trinajstić information content (AvgIpc) is 1.87. The van der Waals surface area contributed by atoms with E-state index in [2.05, 4.69) is 10.5 Å². The molecule has 0 amide bonds. The van der Waals surface area contributed by atoms with Gasteiger partial charge >= 0.3 is 11.9 Å². The lowest BCUT2D eigenvalue weighted by atomic mass is 10.2. The third-order valence-corrected chi connectivity index (χ3v) is 0.990. The van der Waals surface area contributed by atoms with E-state index < -0.39 is 18.0 Å². The zero-order valence-corrected chi connectivity index (χ0v) is 6.80. The number of hydrogen-bond acceptors (Lipinski definition) is 3. The summed E-state index contributed by atoms with van der Waals surface area (Å²) >= 11 is 0. The summed E-state index contributed by atoms with van der Waals surface area (Å²) in [5, 5.41) is 8.26. The molecule has 0 radical (unpaired) electrons. The number of rotatable bonds is 3. The van der Waals surface area contributed by atoms with E-state index in [-0.39, 0.29) is 18.8 Å². The number of hydrogen-bond donors (Lipinski definition) is 2. The molecule has 0 saturated carbocycles. The van der Waals surface area contributed by atoms with E-state index in [0.717, 1.165) is 0 Å². The van der Waals surface area contributed by atoms with Crippen LogP contribution >= 0.6 is 0 Å². The molecule has 0 saturated heterocycles. The third-order valence-electron chi connectivity index (χ3n) is 0.990. The molecular formula is C5H10ClNO4. The molecule has 0 fully saturated rings. The highest BCUT2D eigenvalue weighted by Crippen LogP contribution is 1.87. The Morgan fingerprint density at radius 3 is 2.36 bits per heavy atom. The molecule has 4 N–H and O–H groups in total. The summed E-state index contributed by atoms with van der Waals surface area (Å²) in [7, 11) is 1.21. The van der Waals surface area contributed by atoms with Crippen molar-refractivity contribution >= 4 is 11.9 Å². The number of carboxylic acid groups (broad SMARTS) is 1. The second-order valence-electron chi connectivity index (χ2n) is 1.82. The minimum Gasteiger partial charge on any atom is -1.00 e. The lowest BCUT2D eigenvalue weighted by Crippen LogP contribution is -3.00. The Balaban J connectivity index is 0. The van der Waals surface area contributed by atoms with Crippen LogP contribution in [0.5, 0.6) is 0 Å². The lowest BCUT2D eigenvalue weighted by molar-refractivity contribution is -0.407. The average molecular weight is 184 g/mol. The van der Waals surface area contributed by atoms with Gasteiger partial charge < -0.3 is 28.0 Å². The van der Waals surface area contributed by atoms with Gasteiger partial charge in [0.2, 0.25) is 0 Å². The lowest BCUT2D eigenvalue weighted by Gasteiger charge is -1.99. The number of carboxylic acids is 1. The molecule has 0 bridgehead atoms. The first-order chi connectivity index (χ1) is 4.57. The Labute approximate surface area is 69.9 Å². The van der Waals surface area contributed by atoms with Gasteiger partial charge in [-0.2, -0.15) is 0 Å². The highest BCUT2D eigenvalue weighted by molar-refractivity contribution is 5.79. The van der Waals surface area contributed by atoms with Crippen molar-refractivity contribution in [2.75, 3.05) is 7.11 Å². The summed E-state index contributed by atoms with van der Waals surface area (Å²) in [6.07, 6.45) is -0.175. The molecule has 0 aromatic carbocycles. The van der Waals surface area contributed by atoms with E-state index in [1.54, 1.807) is 0 Å². The molecule has 0 unspecified atom stereocenters. The van der Waals surface area contributed by atoms with Gasteiger partial charge in [0.05, 0.1) is 7.11 Å². The Kier molecular flexibility index (Phi) is 6.92. The molecule has 0 aliphatic rings. The van der Waals surface area contributed by atoms with Crippen LogP contribution in [-0.4, -0.2) is 30.2 Å². The van der Waals surface area contributed by atoms with E-state index in [9.17, 15) is 9.59 Å². The number of esters is 1. The second kappa shape index (κ2) is 5.94. The zero-order chi connectivity index (χ0) is 8.15. The maximum absolute atomic E-state index is 10.4. The van der Waals surface area contributed by atoms with E-state index in [1.165, 1.54) is 7.11 Å². The van der Waals surface area contributed by atoms with Crippen molar-refractivity contribution in [3.05, 3.63) is 0 Å². The summed E-state index contributed by atoms with van der Waals surface area (Å²) in [5.41, 5.74) is 3.23. The number of halogens is 1. The molecule has 0 aliphatic heterocycles. The van der Waals surface area contributed by atoms with Gasteiger partial charge in [0.1, 0.15) is 6.42 Å². The predicted molar refractivity (Wildman–Crippen MR) is 30.9 cm³/mol. The van der Waals surface area contributed by atoms with Crippen molar-refractivity contribution in [2.45, 2.75) is 12.5 Å². The summed E-state index contributed by atoms with van der Waals surface area (Å²) in [5.74, 6) is -1.65. The van der Waals surface area contributed by atoms with E-state index in [0.29, 0.717) is 0 Å². The summed E-state index contributed by atoms with van der Waals surface area (Å²) in [4.78, 5) is 20.5. The first-order valence-electron chi connectivity index (χ1n) is 2.70. The van der Waals surface area contributed by atoms with Crippen LogP contribution in [0, 0.1) is 0 Å². The number of aliphatic carboxylic acids is 1. The molecule has 11 heavy (non-hydrogen) atoms. The first-order valence-corrected chi connectivity index (χ1v) is 2.70. The summed E-state index contributed by atoms with van der Waals surface area (Å²) in [6, 6.07) is -0.910. The highest BCUT2D eigenvalue weighted by atomic mass is 35.5. The van der Waals surface area contributed by atoms with Gasteiger partial charge in [-0.05, 0) is 0 Å². The van der Waals surface area contributed by atoms with Crippen molar-refractivity contribution < 1.29 is 37.6 Å². The molecule has 5 nitrogen and oxygen atoms in total. The molecule has 1 atom stereocenters. The van der Waals surface area contributed by atoms with Crippen LogP contribution in [0.3, 0.4) is 0 Å². The van der Waals surface area contributed by atoms with Crippen molar-refractivity contribution in [2.24, 2.45) is 0 Å². The van der Waals surface area contributed by atoms with Crippen LogP contribution in [0.15, 0.2) is 0 Å². The van der Waals surface area contributed by atoms with E-state index >= 15 is 0 Å². The second-order valence-corrected chi connectivity index (χ2v) is 1.82. The van der Waals surface area contributed by atoms with Crippen LogP contribution in [0.25, 0.3) is 0 Å². The molecule has 6 heteroatoms. The maximum Gasteiger partial charge on any atom is 0.362 e. The Bertz CT molecular complexity index is 149. The Morgan fingerprint density at radius 2 is 2.09 bits per heavy atom. The van der Waals surface area contributed by atoms with Crippen LogP contribution in [0.2, 0.25) is 0 Å². The predicted octanol–water partition coefficient (Wildman–Crippen LogP) is -4.75. The fourth-order valence-corrected chi connectivity index (χ4v) is 0.372. The number of carbonyl (C=O) groups is 2. The maximum atomic E-state index is 10.4. The van der Waals surface area contributed by atoms with Crippen LogP contribution in [0.4, 0.5) is 0 Å². The monoisotopic (exact) mass is 183 g/mol. The highest BCUT2D eigenvalue weighted by Gasteiger charge is 2.19. The number of quaternary nitrogens is 1. The summed E-state index contributed by atoms with van der Waals surface area (Å²) in [6.45, 7) is 0. The van der Waals surface area contributed by atoms with Crippen molar-refractivity contribution in [1.29, 1.82) is 0 Å². The minimum absolute atomic E-state index is 0. The molecule has 66 valence electrons. The van der Waals surface area contributed by atoms with Crippen molar-refractivity contribution in [3.63, 3.8) is 0 Å². The van der Waals surface area contributed by atoms with E-state index in [1.807, 2.05) is 0 Å². The molecule has 0 aliphatic carbocycles. The van der Waals surface area contributed by atoms with Gasteiger partial charge in [-0.3, -0.25) is 4.79 Å². The number of carbonyl (C=O) groups excluding carboxylic acids is 1. The van der Waals surface area contributed by atoms with Gasteiger partial charge in [-0.1, -0.05) is 0 Å². The van der Waals surface area contributed by atoms with Gasteiger partial charge in [-0.25, -0.2) is 4.79 Å². The molecule has 0 rings (SSSR count). The van der Waals surface area contributed by atoms with Crippen LogP contribution < -0.4 is 18.1 Å². The SMILES string of the molecule is COC(=O)C[C@H]([NH3+])C(=O)O.[Cl-]. The topological polar surface area (TPSA) is 91.2 Å². The smallest absolute Gasteiger partial charge is 0.362 e. The van der Waals surface area contributed by atoms with Gasteiger partial charge in [0.25, 0.3) is 0 Å². The van der Waals surface area contributed by atoms with E-state index in [4.69, 9.17) is 5.11 Å². The Hall–Kier alpha value is -0.810. The number of methoxy groups -OCH3 is 1. The zero-order valence-electron chi connectivity index (χ0n) is 6.04. The molecule has 0 aromatic heterocycles. The fraction of sp³-hybridized carbons (Fsp3) is 0.600. The third kappa shape index (κ3) is 5.63. The van der Waals surface area contributed by atoms with Gasteiger partial charge in [0, 0.05) is 0 Å². The normalized spacial score (nSPS) is 11.1.